The number of aromatic nitrogens is 1. The molecule has 0 fully saturated rings. The molecule has 17 heavy (non-hydrogen) atoms. The van der Waals surface area contributed by atoms with E-state index in [-0.39, 0.29) is 11.9 Å². The van der Waals surface area contributed by atoms with Crippen LogP contribution in [-0.2, 0) is 9.53 Å². The molecule has 0 saturated carbocycles. The Bertz CT molecular complexity index is 365. The second-order valence-electron chi connectivity index (χ2n) is 3.84. The number of esters is 1. The maximum Gasteiger partial charge on any atom is 0.305 e. The number of nitrogens with zero attached hydrogens (tertiary/aromatic N) is 1. The van der Waals surface area contributed by atoms with Gasteiger partial charge in [0.2, 0.25) is 0 Å². The fourth-order valence-electron chi connectivity index (χ4n) is 1.65. The second kappa shape index (κ2) is 6.89. The molecular weight excluding hydrogens is 218 g/mol. The minimum Gasteiger partial charge on any atom is -0.495 e. The van der Waals surface area contributed by atoms with Gasteiger partial charge in [0.1, 0.15) is 5.75 Å². The predicted octanol–water partition coefficient (Wildman–Crippen LogP) is 2.54. The molecule has 0 aliphatic rings. The minimum absolute atomic E-state index is 0.158. The highest BCUT2D eigenvalue weighted by Gasteiger charge is 2.14. The number of carbonyl (C=O) groups excluding carboxylic acids is 1. The van der Waals surface area contributed by atoms with Gasteiger partial charge in [0.15, 0.2) is 0 Å². The molecule has 0 amide bonds. The van der Waals surface area contributed by atoms with Gasteiger partial charge >= 0.3 is 5.97 Å². The first kappa shape index (κ1) is 13.5. The zero-order valence-electron chi connectivity index (χ0n) is 10.6. The third-order valence-corrected chi connectivity index (χ3v) is 2.57. The SMILES string of the molecule is CCOC(=O)CCC(C)c1ncccc1OC. The fraction of sp³-hybridized carbons (Fsp3) is 0.538. The molecule has 0 aliphatic carbocycles. The molecule has 0 radical (unpaired) electrons. The third-order valence-electron chi connectivity index (χ3n) is 2.57. The van der Waals surface area contributed by atoms with Gasteiger partial charge in [-0.3, -0.25) is 9.78 Å². The van der Waals surface area contributed by atoms with E-state index < -0.39 is 0 Å². The normalized spacial score (nSPS) is 11.9. The van der Waals surface area contributed by atoms with Crippen LogP contribution in [0.25, 0.3) is 0 Å². The van der Waals surface area contributed by atoms with E-state index in [0.29, 0.717) is 19.4 Å². The summed E-state index contributed by atoms with van der Waals surface area (Å²) in [4.78, 5) is 15.6. The van der Waals surface area contributed by atoms with E-state index in [4.69, 9.17) is 9.47 Å². The van der Waals surface area contributed by atoms with Crippen molar-refractivity contribution in [1.82, 2.24) is 4.98 Å². The molecule has 1 unspecified atom stereocenters. The van der Waals surface area contributed by atoms with Crippen molar-refractivity contribution in [2.45, 2.75) is 32.6 Å². The summed E-state index contributed by atoms with van der Waals surface area (Å²) in [6.45, 7) is 4.27. The second-order valence-corrected chi connectivity index (χ2v) is 3.84. The summed E-state index contributed by atoms with van der Waals surface area (Å²) in [5, 5.41) is 0. The summed E-state index contributed by atoms with van der Waals surface area (Å²) in [6, 6.07) is 3.71. The van der Waals surface area contributed by atoms with Crippen molar-refractivity contribution in [2.75, 3.05) is 13.7 Å². The van der Waals surface area contributed by atoms with Crippen molar-refractivity contribution in [3.63, 3.8) is 0 Å². The van der Waals surface area contributed by atoms with E-state index in [1.54, 1.807) is 13.3 Å². The number of rotatable bonds is 6. The zero-order chi connectivity index (χ0) is 12.7. The van der Waals surface area contributed by atoms with Crippen molar-refractivity contribution in [3.05, 3.63) is 24.0 Å². The van der Waals surface area contributed by atoms with E-state index >= 15 is 0 Å². The highest BCUT2D eigenvalue weighted by atomic mass is 16.5. The number of methoxy groups -OCH3 is 1. The van der Waals surface area contributed by atoms with Gasteiger partial charge < -0.3 is 9.47 Å². The lowest BCUT2D eigenvalue weighted by atomic mass is 10.0. The Balaban J connectivity index is 2.57. The van der Waals surface area contributed by atoms with Gasteiger partial charge in [-0.2, -0.15) is 0 Å². The molecule has 1 atom stereocenters. The molecule has 94 valence electrons. The molecule has 1 aromatic rings. The zero-order valence-corrected chi connectivity index (χ0v) is 10.6. The first-order chi connectivity index (χ1) is 8.19. The minimum atomic E-state index is -0.158. The molecule has 0 aliphatic heterocycles. The molecule has 0 N–H and O–H groups in total. The summed E-state index contributed by atoms with van der Waals surface area (Å²) in [5.41, 5.74) is 0.888. The Kier molecular flexibility index (Phi) is 5.46. The van der Waals surface area contributed by atoms with Crippen LogP contribution >= 0.6 is 0 Å². The van der Waals surface area contributed by atoms with Crippen molar-refractivity contribution < 1.29 is 14.3 Å². The summed E-state index contributed by atoms with van der Waals surface area (Å²) < 4.78 is 10.1. The van der Waals surface area contributed by atoms with Crippen LogP contribution in [0.2, 0.25) is 0 Å². The fourth-order valence-corrected chi connectivity index (χ4v) is 1.65. The summed E-state index contributed by atoms with van der Waals surface area (Å²) in [7, 11) is 1.62. The van der Waals surface area contributed by atoms with Crippen LogP contribution in [0.5, 0.6) is 5.75 Å². The number of carbonyl (C=O) groups is 1. The molecule has 0 spiro atoms. The van der Waals surface area contributed by atoms with Crippen molar-refractivity contribution in [3.8, 4) is 5.75 Å². The van der Waals surface area contributed by atoms with Gasteiger partial charge in [0.25, 0.3) is 0 Å². The Morgan fingerprint density at radius 1 is 1.53 bits per heavy atom. The largest absolute Gasteiger partial charge is 0.495 e. The standard InChI is InChI=1S/C13H19NO3/c1-4-17-12(15)8-7-10(2)13-11(16-3)6-5-9-14-13/h5-6,9-10H,4,7-8H2,1-3H3. The maximum absolute atomic E-state index is 11.3. The van der Waals surface area contributed by atoms with Gasteiger partial charge in [-0.25, -0.2) is 0 Å². The van der Waals surface area contributed by atoms with Gasteiger partial charge in [-0.15, -0.1) is 0 Å². The third kappa shape index (κ3) is 4.06. The molecule has 0 aromatic carbocycles. The molecule has 1 aromatic heterocycles. The van der Waals surface area contributed by atoms with Crippen LogP contribution in [0.3, 0.4) is 0 Å². The van der Waals surface area contributed by atoms with E-state index in [0.717, 1.165) is 11.4 Å². The van der Waals surface area contributed by atoms with Gasteiger partial charge in [0.05, 0.1) is 19.4 Å². The van der Waals surface area contributed by atoms with Crippen LogP contribution in [0, 0.1) is 0 Å². The topological polar surface area (TPSA) is 48.4 Å². The summed E-state index contributed by atoms with van der Waals surface area (Å²) in [6.07, 6.45) is 2.86. The first-order valence-corrected chi connectivity index (χ1v) is 5.83. The highest BCUT2D eigenvalue weighted by Crippen LogP contribution is 2.27. The van der Waals surface area contributed by atoms with Crippen molar-refractivity contribution >= 4 is 5.97 Å². The maximum atomic E-state index is 11.3. The summed E-state index contributed by atoms with van der Waals surface area (Å²) in [5.74, 6) is 0.786. The van der Waals surface area contributed by atoms with Gasteiger partial charge in [-0.1, -0.05) is 6.92 Å². The number of ether oxygens (including phenoxy) is 2. The molecule has 4 heteroatoms. The quantitative estimate of drug-likeness (QED) is 0.713. The lowest BCUT2D eigenvalue weighted by Gasteiger charge is -2.13. The van der Waals surface area contributed by atoms with Crippen LogP contribution in [0.1, 0.15) is 38.3 Å². The van der Waals surface area contributed by atoms with E-state index in [1.807, 2.05) is 26.0 Å². The molecule has 1 heterocycles. The predicted molar refractivity (Wildman–Crippen MR) is 65.1 cm³/mol. The van der Waals surface area contributed by atoms with Crippen LogP contribution < -0.4 is 4.74 Å². The average molecular weight is 237 g/mol. The highest BCUT2D eigenvalue weighted by molar-refractivity contribution is 5.69. The molecule has 0 bridgehead atoms. The van der Waals surface area contributed by atoms with E-state index in [1.165, 1.54) is 0 Å². The van der Waals surface area contributed by atoms with Crippen molar-refractivity contribution in [1.29, 1.82) is 0 Å². The van der Waals surface area contributed by atoms with Gasteiger partial charge in [0, 0.05) is 18.5 Å². The van der Waals surface area contributed by atoms with Crippen molar-refractivity contribution in [2.24, 2.45) is 0 Å². The summed E-state index contributed by atoms with van der Waals surface area (Å²) >= 11 is 0. The first-order valence-electron chi connectivity index (χ1n) is 5.83. The van der Waals surface area contributed by atoms with Crippen LogP contribution in [0.4, 0.5) is 0 Å². The molecule has 4 nitrogen and oxygen atoms in total. The van der Waals surface area contributed by atoms with Crippen LogP contribution in [0.15, 0.2) is 18.3 Å². The molecular formula is C13H19NO3. The Morgan fingerprint density at radius 3 is 2.94 bits per heavy atom. The van der Waals surface area contributed by atoms with E-state index in [9.17, 15) is 4.79 Å². The van der Waals surface area contributed by atoms with Gasteiger partial charge in [-0.05, 0) is 25.5 Å². The lowest BCUT2D eigenvalue weighted by Crippen LogP contribution is -2.07. The van der Waals surface area contributed by atoms with Crippen LogP contribution in [-0.4, -0.2) is 24.7 Å². The number of pyridine rings is 1. The average Bonchev–Trinajstić information content (AvgIpc) is 2.36. The molecule has 0 saturated heterocycles. The Labute approximate surface area is 102 Å². The smallest absolute Gasteiger partial charge is 0.305 e. The number of hydrogen-bond donors (Lipinski definition) is 0. The Hall–Kier alpha value is -1.58. The van der Waals surface area contributed by atoms with E-state index in [2.05, 4.69) is 4.98 Å². The number of hydrogen-bond acceptors (Lipinski definition) is 4. The molecule has 1 rings (SSSR count). The Morgan fingerprint density at radius 2 is 2.29 bits per heavy atom. The lowest BCUT2D eigenvalue weighted by molar-refractivity contribution is -0.143. The monoisotopic (exact) mass is 237 g/mol.